The second-order valence-corrected chi connectivity index (χ2v) is 5.91. The Balaban J connectivity index is 2.38. The standard InChI is InChI=1S/C16H24N2O3/c1-9-10(2)14-12(11(3)13(9)19)5-6-16(4,21-14)15(20)18-8-7-17/h19H,5-8,17H2,1-4H3,(H,18,20). The van der Waals surface area contributed by atoms with E-state index in [2.05, 4.69) is 5.32 Å². The Hall–Kier alpha value is -1.75. The highest BCUT2D eigenvalue weighted by atomic mass is 16.5. The predicted octanol–water partition coefficient (Wildman–Crippen LogP) is 1.48. The molecule has 5 heteroatoms. The molecule has 1 aliphatic rings. The molecule has 0 spiro atoms. The fourth-order valence-corrected chi connectivity index (χ4v) is 2.78. The van der Waals surface area contributed by atoms with Gasteiger partial charge in [-0.05, 0) is 50.8 Å². The highest BCUT2D eigenvalue weighted by Crippen LogP contribution is 2.43. The predicted molar refractivity (Wildman–Crippen MR) is 81.7 cm³/mol. The first-order valence-electron chi connectivity index (χ1n) is 7.30. The smallest absolute Gasteiger partial charge is 0.263 e. The highest BCUT2D eigenvalue weighted by molar-refractivity contribution is 5.85. The molecule has 0 saturated heterocycles. The van der Waals surface area contributed by atoms with E-state index in [0.29, 0.717) is 31.7 Å². The van der Waals surface area contributed by atoms with E-state index in [1.54, 1.807) is 6.92 Å². The van der Waals surface area contributed by atoms with Crippen molar-refractivity contribution in [2.45, 2.75) is 46.1 Å². The van der Waals surface area contributed by atoms with Gasteiger partial charge in [0, 0.05) is 25.1 Å². The lowest BCUT2D eigenvalue weighted by atomic mass is 9.86. The first kappa shape index (κ1) is 15.6. The summed E-state index contributed by atoms with van der Waals surface area (Å²) in [6.07, 6.45) is 1.29. The number of benzene rings is 1. The van der Waals surface area contributed by atoms with Gasteiger partial charge in [-0.15, -0.1) is 0 Å². The number of carbonyl (C=O) groups excluding carboxylic acids is 1. The SMILES string of the molecule is Cc1c(C)c2c(c(C)c1O)CCC(C)(C(=O)NCCN)O2. The van der Waals surface area contributed by atoms with Crippen LogP contribution in [0.3, 0.4) is 0 Å². The molecule has 21 heavy (non-hydrogen) atoms. The van der Waals surface area contributed by atoms with Gasteiger partial charge in [-0.25, -0.2) is 0 Å². The van der Waals surface area contributed by atoms with Crippen LogP contribution in [-0.2, 0) is 11.2 Å². The van der Waals surface area contributed by atoms with Crippen LogP contribution in [0.2, 0.25) is 0 Å². The van der Waals surface area contributed by atoms with E-state index >= 15 is 0 Å². The summed E-state index contributed by atoms with van der Waals surface area (Å²) < 4.78 is 6.06. The van der Waals surface area contributed by atoms with Crippen LogP contribution >= 0.6 is 0 Å². The molecule has 116 valence electrons. The lowest BCUT2D eigenvalue weighted by Crippen LogP contribution is -2.51. The molecular formula is C16H24N2O3. The van der Waals surface area contributed by atoms with Gasteiger partial charge in [0.25, 0.3) is 5.91 Å². The average Bonchev–Trinajstić information content (AvgIpc) is 2.48. The molecule has 4 N–H and O–H groups in total. The minimum atomic E-state index is -0.886. The zero-order valence-electron chi connectivity index (χ0n) is 13.2. The number of phenols is 1. The van der Waals surface area contributed by atoms with E-state index in [9.17, 15) is 9.90 Å². The Kier molecular flexibility index (Phi) is 4.14. The van der Waals surface area contributed by atoms with E-state index in [1.807, 2.05) is 20.8 Å². The number of hydrogen-bond acceptors (Lipinski definition) is 4. The third kappa shape index (κ3) is 2.58. The molecule has 0 fully saturated rings. The molecule has 1 heterocycles. The van der Waals surface area contributed by atoms with Crippen LogP contribution in [0.25, 0.3) is 0 Å². The van der Waals surface area contributed by atoms with Gasteiger partial charge < -0.3 is 20.9 Å². The normalized spacial score (nSPS) is 20.6. The van der Waals surface area contributed by atoms with Gasteiger partial charge in [-0.3, -0.25) is 4.79 Å². The Bertz CT molecular complexity index is 584. The van der Waals surface area contributed by atoms with Gasteiger partial charge in [0.05, 0.1) is 0 Å². The van der Waals surface area contributed by atoms with Crippen molar-refractivity contribution in [2.75, 3.05) is 13.1 Å². The van der Waals surface area contributed by atoms with E-state index in [0.717, 1.165) is 28.0 Å². The zero-order chi connectivity index (χ0) is 15.8. The monoisotopic (exact) mass is 292 g/mol. The molecule has 0 bridgehead atoms. The van der Waals surface area contributed by atoms with Crippen molar-refractivity contribution in [3.63, 3.8) is 0 Å². The van der Waals surface area contributed by atoms with Crippen LogP contribution in [-0.4, -0.2) is 29.7 Å². The number of aromatic hydroxyl groups is 1. The number of rotatable bonds is 3. The third-order valence-corrected chi connectivity index (χ3v) is 4.43. The third-order valence-electron chi connectivity index (χ3n) is 4.43. The van der Waals surface area contributed by atoms with E-state index < -0.39 is 5.60 Å². The lowest BCUT2D eigenvalue weighted by molar-refractivity contribution is -0.136. The fraction of sp³-hybridized carbons (Fsp3) is 0.562. The highest BCUT2D eigenvalue weighted by Gasteiger charge is 2.40. The number of carbonyl (C=O) groups is 1. The maximum Gasteiger partial charge on any atom is 0.263 e. The average molecular weight is 292 g/mol. The van der Waals surface area contributed by atoms with Gasteiger partial charge in [0.1, 0.15) is 11.5 Å². The van der Waals surface area contributed by atoms with Crippen LogP contribution in [0.15, 0.2) is 0 Å². The molecule has 0 radical (unpaired) electrons. The molecule has 1 atom stereocenters. The quantitative estimate of drug-likeness (QED) is 0.788. The first-order chi connectivity index (χ1) is 9.81. The second-order valence-electron chi connectivity index (χ2n) is 5.91. The van der Waals surface area contributed by atoms with Crippen LogP contribution < -0.4 is 15.8 Å². The van der Waals surface area contributed by atoms with Crippen molar-refractivity contribution in [1.82, 2.24) is 5.32 Å². The number of fused-ring (bicyclic) bond motifs is 1. The van der Waals surface area contributed by atoms with Crippen LogP contribution in [0.1, 0.15) is 35.6 Å². The Labute approximate surface area is 125 Å². The Morgan fingerprint density at radius 3 is 2.62 bits per heavy atom. The van der Waals surface area contributed by atoms with Gasteiger partial charge in [0.15, 0.2) is 5.60 Å². The van der Waals surface area contributed by atoms with Gasteiger partial charge >= 0.3 is 0 Å². The maximum absolute atomic E-state index is 12.3. The largest absolute Gasteiger partial charge is 0.507 e. The summed E-state index contributed by atoms with van der Waals surface area (Å²) in [6.45, 7) is 8.32. The van der Waals surface area contributed by atoms with Gasteiger partial charge in [-0.1, -0.05) is 0 Å². The first-order valence-corrected chi connectivity index (χ1v) is 7.30. The Morgan fingerprint density at radius 1 is 1.33 bits per heavy atom. The van der Waals surface area contributed by atoms with Crippen molar-refractivity contribution in [3.05, 3.63) is 22.3 Å². The van der Waals surface area contributed by atoms with Crippen molar-refractivity contribution in [2.24, 2.45) is 5.73 Å². The van der Waals surface area contributed by atoms with E-state index in [-0.39, 0.29) is 5.91 Å². The second kappa shape index (κ2) is 5.56. The minimum absolute atomic E-state index is 0.138. The van der Waals surface area contributed by atoms with Crippen LogP contribution in [0.5, 0.6) is 11.5 Å². The van der Waals surface area contributed by atoms with Crippen molar-refractivity contribution >= 4 is 5.91 Å². The molecule has 5 nitrogen and oxygen atoms in total. The van der Waals surface area contributed by atoms with Crippen LogP contribution in [0, 0.1) is 20.8 Å². The summed E-state index contributed by atoms with van der Waals surface area (Å²) in [5.41, 5.74) is 8.08. The summed E-state index contributed by atoms with van der Waals surface area (Å²) in [6, 6.07) is 0. The lowest BCUT2D eigenvalue weighted by Gasteiger charge is -2.36. The number of nitrogens with one attached hydrogen (secondary N) is 1. The topological polar surface area (TPSA) is 84.6 Å². The molecule has 1 unspecified atom stereocenters. The number of amides is 1. The summed E-state index contributed by atoms with van der Waals surface area (Å²) in [7, 11) is 0. The number of ether oxygens (including phenoxy) is 1. The minimum Gasteiger partial charge on any atom is -0.507 e. The summed E-state index contributed by atoms with van der Waals surface area (Å²) in [5, 5.41) is 12.9. The fourth-order valence-electron chi connectivity index (χ4n) is 2.78. The number of nitrogens with two attached hydrogens (primary N) is 1. The van der Waals surface area contributed by atoms with Crippen LogP contribution in [0.4, 0.5) is 0 Å². The molecular weight excluding hydrogens is 268 g/mol. The molecule has 2 rings (SSSR count). The molecule has 0 saturated carbocycles. The van der Waals surface area contributed by atoms with Crippen molar-refractivity contribution in [3.8, 4) is 11.5 Å². The molecule has 1 amide bonds. The van der Waals surface area contributed by atoms with E-state index in [4.69, 9.17) is 10.5 Å². The molecule has 1 aromatic carbocycles. The van der Waals surface area contributed by atoms with Gasteiger partial charge in [-0.2, -0.15) is 0 Å². The molecule has 0 aliphatic carbocycles. The number of hydrogen-bond donors (Lipinski definition) is 3. The Morgan fingerprint density at radius 2 is 2.00 bits per heavy atom. The van der Waals surface area contributed by atoms with E-state index in [1.165, 1.54) is 0 Å². The van der Waals surface area contributed by atoms with Crippen molar-refractivity contribution < 1.29 is 14.6 Å². The zero-order valence-corrected chi connectivity index (χ0v) is 13.2. The molecule has 1 aromatic rings. The summed E-state index contributed by atoms with van der Waals surface area (Å²) in [4.78, 5) is 12.3. The molecule has 1 aliphatic heterocycles. The summed E-state index contributed by atoms with van der Waals surface area (Å²) >= 11 is 0. The maximum atomic E-state index is 12.3. The van der Waals surface area contributed by atoms with Crippen molar-refractivity contribution in [1.29, 1.82) is 0 Å². The summed E-state index contributed by atoms with van der Waals surface area (Å²) in [5.74, 6) is 0.923. The van der Waals surface area contributed by atoms with Gasteiger partial charge in [0.2, 0.25) is 0 Å². The molecule has 0 aromatic heterocycles. The number of phenolic OH excluding ortho intramolecular Hbond substituents is 1.